The van der Waals surface area contributed by atoms with Gasteiger partial charge >= 0.3 is 12.0 Å². The van der Waals surface area contributed by atoms with Gasteiger partial charge in [0.05, 0.1) is 37.1 Å². The summed E-state index contributed by atoms with van der Waals surface area (Å²) in [4.78, 5) is 39.3. The topological polar surface area (TPSA) is 97.0 Å². The lowest BCUT2D eigenvalue weighted by Crippen LogP contribution is -2.48. The number of nitrogens with one attached hydrogen (secondary N) is 2. The molecule has 3 rings (SSSR count). The maximum atomic E-state index is 13.4. The maximum absolute atomic E-state index is 13.4. The molecule has 2 aromatic carbocycles. The summed E-state index contributed by atoms with van der Waals surface area (Å²) in [7, 11) is 2.83. The van der Waals surface area contributed by atoms with Crippen LogP contribution >= 0.6 is 0 Å². The molecule has 1 heterocycles. The first-order valence-corrected chi connectivity index (χ1v) is 9.93. The highest BCUT2D eigenvalue weighted by Crippen LogP contribution is 2.33. The molecule has 0 saturated heterocycles. The van der Waals surface area contributed by atoms with Crippen LogP contribution in [0.1, 0.15) is 28.9 Å². The van der Waals surface area contributed by atoms with E-state index in [4.69, 9.17) is 9.47 Å². The lowest BCUT2D eigenvalue weighted by molar-refractivity contribution is -0.113. The van der Waals surface area contributed by atoms with E-state index in [-0.39, 0.29) is 18.5 Å². The molecule has 3 amide bonds. The Morgan fingerprint density at radius 3 is 2.47 bits per heavy atom. The van der Waals surface area contributed by atoms with Crippen LogP contribution in [0, 0.1) is 0 Å². The number of hydrogen-bond donors (Lipinski definition) is 2. The average molecular weight is 435 g/mol. The minimum atomic E-state index is -0.718. The number of methoxy groups -OCH3 is 2. The first kappa shape index (κ1) is 22.6. The molecular weight excluding hydrogens is 410 g/mol. The fourth-order valence-corrected chi connectivity index (χ4v) is 3.54. The number of allylic oxidation sites excluding steroid dienone is 1. The second-order valence-electron chi connectivity index (χ2n) is 7.05. The normalized spacial score (nSPS) is 15.7. The van der Waals surface area contributed by atoms with Crippen LogP contribution in [0.2, 0.25) is 0 Å². The van der Waals surface area contributed by atoms with E-state index in [1.807, 2.05) is 0 Å². The number of ether oxygens (including phenoxy) is 2. The molecule has 166 valence electrons. The smallest absolute Gasteiger partial charge is 0.337 e. The summed E-state index contributed by atoms with van der Waals surface area (Å²) in [5.41, 5.74) is 2.39. The van der Waals surface area contributed by atoms with Gasteiger partial charge in [-0.3, -0.25) is 9.69 Å². The third kappa shape index (κ3) is 4.49. The third-order valence-electron chi connectivity index (χ3n) is 5.17. The van der Waals surface area contributed by atoms with Crippen LogP contribution in [0.25, 0.3) is 0 Å². The summed E-state index contributed by atoms with van der Waals surface area (Å²) in [5.74, 6) is -0.341. The van der Waals surface area contributed by atoms with Crippen molar-refractivity contribution in [2.75, 3.05) is 26.1 Å². The molecule has 1 aliphatic heterocycles. The molecular formula is C24H25N3O5. The van der Waals surface area contributed by atoms with Crippen molar-refractivity contribution < 1.29 is 23.9 Å². The van der Waals surface area contributed by atoms with Crippen molar-refractivity contribution in [3.8, 4) is 5.75 Å². The monoisotopic (exact) mass is 435 g/mol. The number of carbonyl (C=O) groups is 3. The Labute approximate surface area is 186 Å². The van der Waals surface area contributed by atoms with E-state index in [0.717, 1.165) is 0 Å². The Morgan fingerprint density at radius 1 is 1.16 bits per heavy atom. The lowest BCUT2D eigenvalue weighted by Gasteiger charge is -2.35. The zero-order chi connectivity index (χ0) is 23.3. The largest absolute Gasteiger partial charge is 0.495 e. The predicted octanol–water partition coefficient (Wildman–Crippen LogP) is 3.65. The van der Waals surface area contributed by atoms with Crippen LogP contribution in [0.15, 0.2) is 72.5 Å². The molecule has 0 aromatic heterocycles. The van der Waals surface area contributed by atoms with E-state index >= 15 is 0 Å². The fourth-order valence-electron chi connectivity index (χ4n) is 3.54. The number of nitrogens with zero attached hydrogens (tertiary/aromatic N) is 1. The zero-order valence-electron chi connectivity index (χ0n) is 18.2. The zero-order valence-corrected chi connectivity index (χ0v) is 18.2. The van der Waals surface area contributed by atoms with E-state index in [2.05, 4.69) is 17.2 Å². The van der Waals surface area contributed by atoms with Crippen molar-refractivity contribution in [1.29, 1.82) is 0 Å². The van der Waals surface area contributed by atoms with Gasteiger partial charge in [-0.25, -0.2) is 9.59 Å². The van der Waals surface area contributed by atoms with E-state index < -0.39 is 12.0 Å². The van der Waals surface area contributed by atoms with Crippen molar-refractivity contribution in [3.63, 3.8) is 0 Å². The van der Waals surface area contributed by atoms with Gasteiger partial charge in [0.2, 0.25) is 0 Å². The minimum Gasteiger partial charge on any atom is -0.495 e. The fraction of sp³-hybridized carbons (Fsp3) is 0.208. The van der Waals surface area contributed by atoms with Gasteiger partial charge in [0, 0.05) is 12.2 Å². The number of amides is 3. The minimum absolute atomic E-state index is 0.247. The quantitative estimate of drug-likeness (QED) is 0.511. The molecule has 2 N–H and O–H groups in total. The summed E-state index contributed by atoms with van der Waals surface area (Å²) in [6, 6.07) is 12.6. The standard InChI is InChI=1S/C24H25N3O5/c1-5-14-27-15(2)20(22(28)25-18-8-6-7-9-19(18)31-3)21(26-24(27)30)16-10-12-17(13-11-16)23(29)32-4/h5-13,21H,1,14H2,2-4H3,(H,25,28)(H,26,30)/t21-/m1/s1. The van der Waals surface area contributed by atoms with Crippen LogP contribution in [0.4, 0.5) is 10.5 Å². The van der Waals surface area contributed by atoms with Crippen molar-refractivity contribution in [3.05, 3.63) is 83.6 Å². The van der Waals surface area contributed by atoms with E-state index in [9.17, 15) is 14.4 Å². The number of anilines is 1. The summed E-state index contributed by atoms with van der Waals surface area (Å²) in [5, 5.41) is 5.76. The lowest BCUT2D eigenvalue weighted by atomic mass is 9.93. The number of hydrogen-bond acceptors (Lipinski definition) is 5. The molecule has 0 saturated carbocycles. The van der Waals surface area contributed by atoms with Gasteiger partial charge in [0.1, 0.15) is 5.75 Å². The van der Waals surface area contributed by atoms with Crippen LogP contribution in [0.3, 0.4) is 0 Å². The van der Waals surface area contributed by atoms with E-state index in [1.165, 1.54) is 19.1 Å². The van der Waals surface area contributed by atoms with Crippen molar-refractivity contribution in [1.82, 2.24) is 10.2 Å². The molecule has 1 aliphatic rings. The van der Waals surface area contributed by atoms with Gasteiger partial charge < -0.3 is 20.1 Å². The highest BCUT2D eigenvalue weighted by atomic mass is 16.5. The van der Waals surface area contributed by atoms with Gasteiger partial charge in [0.25, 0.3) is 5.91 Å². The summed E-state index contributed by atoms with van der Waals surface area (Å²) in [6.07, 6.45) is 1.59. The molecule has 0 fully saturated rings. The molecule has 0 bridgehead atoms. The first-order valence-electron chi connectivity index (χ1n) is 9.93. The molecule has 1 atom stereocenters. The van der Waals surface area contributed by atoms with Gasteiger partial charge in [-0.15, -0.1) is 6.58 Å². The molecule has 8 heteroatoms. The SMILES string of the molecule is C=CCN1C(=O)N[C@H](c2ccc(C(=O)OC)cc2)C(C(=O)Nc2ccccc2OC)=C1C. The molecule has 0 aliphatic carbocycles. The maximum Gasteiger partial charge on any atom is 0.337 e. The third-order valence-corrected chi connectivity index (χ3v) is 5.17. The van der Waals surface area contributed by atoms with Gasteiger partial charge in [-0.05, 0) is 36.8 Å². The Bertz CT molecular complexity index is 1080. The number of esters is 1. The molecule has 0 unspecified atom stereocenters. The van der Waals surface area contributed by atoms with Crippen LogP contribution in [0.5, 0.6) is 5.75 Å². The molecule has 32 heavy (non-hydrogen) atoms. The number of benzene rings is 2. The van der Waals surface area contributed by atoms with E-state index in [0.29, 0.717) is 33.8 Å². The number of para-hydroxylation sites is 2. The number of urea groups is 1. The second kappa shape index (κ2) is 9.82. The predicted molar refractivity (Wildman–Crippen MR) is 120 cm³/mol. The van der Waals surface area contributed by atoms with Crippen molar-refractivity contribution >= 4 is 23.6 Å². The molecule has 8 nitrogen and oxygen atoms in total. The van der Waals surface area contributed by atoms with Gasteiger partial charge in [0.15, 0.2) is 0 Å². The van der Waals surface area contributed by atoms with Crippen LogP contribution in [-0.2, 0) is 9.53 Å². The Morgan fingerprint density at radius 2 is 1.84 bits per heavy atom. The molecule has 0 radical (unpaired) electrons. The van der Waals surface area contributed by atoms with Gasteiger partial charge in [-0.2, -0.15) is 0 Å². The molecule has 2 aromatic rings. The first-order chi connectivity index (χ1) is 15.4. The average Bonchev–Trinajstić information content (AvgIpc) is 2.81. The van der Waals surface area contributed by atoms with Crippen molar-refractivity contribution in [2.24, 2.45) is 0 Å². The highest BCUT2D eigenvalue weighted by molar-refractivity contribution is 6.07. The van der Waals surface area contributed by atoms with Gasteiger partial charge in [-0.1, -0.05) is 30.3 Å². The Kier molecular flexibility index (Phi) is 6.94. The second-order valence-corrected chi connectivity index (χ2v) is 7.05. The summed E-state index contributed by atoms with van der Waals surface area (Å²) in [6.45, 7) is 5.65. The van der Waals surface area contributed by atoms with Crippen molar-refractivity contribution in [2.45, 2.75) is 13.0 Å². The number of rotatable bonds is 7. The van der Waals surface area contributed by atoms with Crippen LogP contribution < -0.4 is 15.4 Å². The highest BCUT2D eigenvalue weighted by Gasteiger charge is 2.35. The Balaban J connectivity index is 2.03. The van der Waals surface area contributed by atoms with Crippen LogP contribution in [-0.4, -0.2) is 43.6 Å². The summed E-state index contributed by atoms with van der Waals surface area (Å²) >= 11 is 0. The van der Waals surface area contributed by atoms with E-state index in [1.54, 1.807) is 61.5 Å². The molecule has 0 spiro atoms. The number of carbonyl (C=O) groups excluding carboxylic acids is 3. The summed E-state index contributed by atoms with van der Waals surface area (Å²) < 4.78 is 10.1. The Hall–Kier alpha value is -4.07.